The molecule has 1 aliphatic carbocycles. The van der Waals surface area contributed by atoms with Gasteiger partial charge in [0.05, 0.1) is 11.5 Å². The Morgan fingerprint density at radius 1 is 1.25 bits per heavy atom. The molecule has 0 aliphatic heterocycles. The molecule has 0 bridgehead atoms. The third-order valence-corrected chi connectivity index (χ3v) is 5.09. The standard InChI is InChI=1S/C14H22N2O3S/c1-16(2)20(17,18)14-7-5-13(6-8-14)15-9-10-19-11-12-3-4-12/h5-8,12,15H,3-4,9-11H2,1-2H3. The highest BCUT2D eigenvalue weighted by atomic mass is 32.2. The maximum absolute atomic E-state index is 11.9. The second-order valence-corrected chi connectivity index (χ2v) is 7.41. The lowest BCUT2D eigenvalue weighted by Crippen LogP contribution is -2.22. The highest BCUT2D eigenvalue weighted by Crippen LogP contribution is 2.28. The molecule has 1 saturated carbocycles. The van der Waals surface area contributed by atoms with Gasteiger partial charge in [-0.05, 0) is 43.0 Å². The normalized spacial score (nSPS) is 15.6. The topological polar surface area (TPSA) is 58.6 Å². The molecule has 112 valence electrons. The minimum absolute atomic E-state index is 0.304. The van der Waals surface area contributed by atoms with Crippen molar-refractivity contribution in [1.82, 2.24) is 4.31 Å². The van der Waals surface area contributed by atoms with E-state index in [9.17, 15) is 8.42 Å². The summed E-state index contributed by atoms with van der Waals surface area (Å²) >= 11 is 0. The van der Waals surface area contributed by atoms with Gasteiger partial charge in [0.25, 0.3) is 0 Å². The molecule has 0 radical (unpaired) electrons. The van der Waals surface area contributed by atoms with Crippen LogP contribution in [0, 0.1) is 5.92 Å². The molecule has 0 unspecified atom stereocenters. The zero-order chi connectivity index (χ0) is 14.6. The van der Waals surface area contributed by atoms with Crippen molar-refractivity contribution in [3.8, 4) is 0 Å². The molecule has 0 saturated heterocycles. The van der Waals surface area contributed by atoms with E-state index < -0.39 is 10.0 Å². The van der Waals surface area contributed by atoms with Crippen LogP contribution >= 0.6 is 0 Å². The van der Waals surface area contributed by atoms with E-state index in [0.29, 0.717) is 11.5 Å². The minimum Gasteiger partial charge on any atom is -0.383 e. The monoisotopic (exact) mass is 298 g/mol. The fourth-order valence-electron chi connectivity index (χ4n) is 1.76. The Hall–Kier alpha value is -1.11. The Labute approximate surface area is 121 Å². The lowest BCUT2D eigenvalue weighted by atomic mass is 10.3. The first-order valence-electron chi connectivity index (χ1n) is 6.84. The van der Waals surface area contributed by atoms with Crippen LogP contribution in [0.15, 0.2) is 29.2 Å². The summed E-state index contributed by atoms with van der Waals surface area (Å²) in [6.07, 6.45) is 2.60. The summed E-state index contributed by atoms with van der Waals surface area (Å²) in [5.41, 5.74) is 0.901. The zero-order valence-corrected chi connectivity index (χ0v) is 12.8. The van der Waals surface area contributed by atoms with E-state index in [1.807, 2.05) is 0 Å². The van der Waals surface area contributed by atoms with Gasteiger partial charge in [-0.2, -0.15) is 0 Å². The maximum Gasteiger partial charge on any atom is 0.242 e. The zero-order valence-electron chi connectivity index (χ0n) is 12.0. The van der Waals surface area contributed by atoms with E-state index in [2.05, 4.69) is 5.32 Å². The van der Waals surface area contributed by atoms with Gasteiger partial charge < -0.3 is 10.1 Å². The van der Waals surface area contributed by atoms with Crippen molar-refractivity contribution < 1.29 is 13.2 Å². The summed E-state index contributed by atoms with van der Waals surface area (Å²) in [7, 11) is -0.292. The molecule has 0 spiro atoms. The molecule has 6 heteroatoms. The van der Waals surface area contributed by atoms with Gasteiger partial charge in [0, 0.05) is 32.9 Å². The summed E-state index contributed by atoms with van der Waals surface area (Å²) in [6, 6.07) is 6.78. The molecule has 1 aromatic carbocycles. The second-order valence-electron chi connectivity index (χ2n) is 5.26. The molecule has 1 N–H and O–H groups in total. The van der Waals surface area contributed by atoms with Crippen molar-refractivity contribution in [2.75, 3.05) is 39.2 Å². The van der Waals surface area contributed by atoms with Crippen molar-refractivity contribution in [2.24, 2.45) is 5.92 Å². The summed E-state index contributed by atoms with van der Waals surface area (Å²) in [6.45, 7) is 2.27. The highest BCUT2D eigenvalue weighted by Gasteiger charge is 2.20. The van der Waals surface area contributed by atoms with Crippen LogP contribution in [-0.4, -0.2) is 46.6 Å². The van der Waals surface area contributed by atoms with E-state index in [0.717, 1.165) is 24.8 Å². The van der Waals surface area contributed by atoms with Gasteiger partial charge in [-0.25, -0.2) is 12.7 Å². The molecule has 0 aromatic heterocycles. The molecular weight excluding hydrogens is 276 g/mol. The first-order valence-corrected chi connectivity index (χ1v) is 8.28. The predicted octanol–water partition coefficient (Wildman–Crippen LogP) is 1.78. The van der Waals surface area contributed by atoms with Gasteiger partial charge in [-0.3, -0.25) is 0 Å². The maximum atomic E-state index is 11.9. The third kappa shape index (κ3) is 4.19. The van der Waals surface area contributed by atoms with Crippen molar-refractivity contribution >= 4 is 15.7 Å². The van der Waals surface area contributed by atoms with E-state index in [1.54, 1.807) is 24.3 Å². The fourth-order valence-corrected chi connectivity index (χ4v) is 2.66. The number of nitrogens with zero attached hydrogens (tertiary/aromatic N) is 1. The van der Waals surface area contributed by atoms with Crippen molar-refractivity contribution in [1.29, 1.82) is 0 Å². The van der Waals surface area contributed by atoms with Gasteiger partial charge in [0.2, 0.25) is 10.0 Å². The average Bonchev–Trinajstić information content (AvgIpc) is 3.23. The van der Waals surface area contributed by atoms with Gasteiger partial charge in [-0.1, -0.05) is 0 Å². The average molecular weight is 298 g/mol. The molecule has 20 heavy (non-hydrogen) atoms. The van der Waals surface area contributed by atoms with E-state index >= 15 is 0 Å². The van der Waals surface area contributed by atoms with Crippen molar-refractivity contribution in [3.05, 3.63) is 24.3 Å². The summed E-state index contributed by atoms with van der Waals surface area (Å²) in [5.74, 6) is 0.783. The molecule has 0 atom stereocenters. The first kappa shape index (κ1) is 15.3. The number of benzene rings is 1. The minimum atomic E-state index is -3.34. The van der Waals surface area contributed by atoms with Gasteiger partial charge in [-0.15, -0.1) is 0 Å². The number of nitrogens with one attached hydrogen (secondary N) is 1. The van der Waals surface area contributed by atoms with Crippen molar-refractivity contribution in [2.45, 2.75) is 17.7 Å². The number of rotatable bonds is 8. The summed E-state index contributed by atoms with van der Waals surface area (Å²) < 4.78 is 30.5. The van der Waals surface area contributed by atoms with Crippen LogP contribution in [0.5, 0.6) is 0 Å². The van der Waals surface area contributed by atoms with Crippen LogP contribution in [-0.2, 0) is 14.8 Å². The fraction of sp³-hybridized carbons (Fsp3) is 0.571. The summed E-state index contributed by atoms with van der Waals surface area (Å²) in [4.78, 5) is 0.304. The number of hydrogen-bond donors (Lipinski definition) is 1. The van der Waals surface area contributed by atoms with Gasteiger partial charge in [0.15, 0.2) is 0 Å². The van der Waals surface area contributed by atoms with Crippen LogP contribution in [0.2, 0.25) is 0 Å². The number of anilines is 1. The van der Waals surface area contributed by atoms with Gasteiger partial charge >= 0.3 is 0 Å². The van der Waals surface area contributed by atoms with Crippen LogP contribution in [0.1, 0.15) is 12.8 Å². The molecule has 0 amide bonds. The van der Waals surface area contributed by atoms with E-state index in [-0.39, 0.29) is 0 Å². The number of ether oxygens (including phenoxy) is 1. The number of sulfonamides is 1. The predicted molar refractivity (Wildman–Crippen MR) is 79.3 cm³/mol. The molecule has 1 fully saturated rings. The number of hydrogen-bond acceptors (Lipinski definition) is 4. The third-order valence-electron chi connectivity index (χ3n) is 3.26. The van der Waals surface area contributed by atoms with E-state index in [1.165, 1.54) is 31.2 Å². The molecule has 1 aromatic rings. The Morgan fingerprint density at radius 3 is 2.45 bits per heavy atom. The molecule has 0 heterocycles. The van der Waals surface area contributed by atoms with Crippen LogP contribution < -0.4 is 5.32 Å². The Bertz CT molecular complexity index is 522. The van der Waals surface area contributed by atoms with Gasteiger partial charge in [0.1, 0.15) is 0 Å². The highest BCUT2D eigenvalue weighted by molar-refractivity contribution is 7.89. The van der Waals surface area contributed by atoms with Crippen molar-refractivity contribution in [3.63, 3.8) is 0 Å². The molecule has 5 nitrogen and oxygen atoms in total. The molecular formula is C14H22N2O3S. The largest absolute Gasteiger partial charge is 0.383 e. The quantitative estimate of drug-likeness (QED) is 0.743. The Morgan fingerprint density at radius 2 is 1.90 bits per heavy atom. The Kier molecular flexibility index (Phi) is 5.01. The smallest absolute Gasteiger partial charge is 0.242 e. The van der Waals surface area contributed by atoms with Crippen LogP contribution in [0.4, 0.5) is 5.69 Å². The summed E-state index contributed by atoms with van der Waals surface area (Å²) in [5, 5.41) is 3.21. The van der Waals surface area contributed by atoms with E-state index in [4.69, 9.17) is 4.74 Å². The van der Waals surface area contributed by atoms with Crippen LogP contribution in [0.3, 0.4) is 0 Å². The lowest BCUT2D eigenvalue weighted by Gasteiger charge is -2.12. The lowest BCUT2D eigenvalue weighted by molar-refractivity contribution is 0.134. The second kappa shape index (κ2) is 6.56. The molecule has 2 rings (SSSR count). The Balaban J connectivity index is 1.78. The SMILES string of the molecule is CN(C)S(=O)(=O)c1ccc(NCCOCC2CC2)cc1. The molecule has 1 aliphatic rings. The van der Waals surface area contributed by atoms with Crippen LogP contribution in [0.25, 0.3) is 0 Å². The first-order chi connectivity index (χ1) is 9.50.